The summed E-state index contributed by atoms with van der Waals surface area (Å²) in [5.41, 5.74) is 0.846. The van der Waals surface area contributed by atoms with Gasteiger partial charge in [-0.15, -0.1) is 11.8 Å². The van der Waals surface area contributed by atoms with Crippen molar-refractivity contribution < 1.29 is 15.3 Å². The van der Waals surface area contributed by atoms with Crippen LogP contribution < -0.4 is 0 Å². The molecule has 0 aliphatic rings. The minimum absolute atomic E-state index is 0.226. The van der Waals surface area contributed by atoms with Gasteiger partial charge in [0.05, 0.1) is 18.8 Å². The minimum atomic E-state index is -0.701. The number of hydrogen-bond donors (Lipinski definition) is 3. The summed E-state index contributed by atoms with van der Waals surface area (Å²) in [5.74, 6) is 0.448. The Labute approximate surface area is 108 Å². The zero-order valence-electron chi connectivity index (χ0n) is 8.93. The van der Waals surface area contributed by atoms with Crippen molar-refractivity contribution in [3.63, 3.8) is 0 Å². The van der Waals surface area contributed by atoms with E-state index in [0.717, 1.165) is 14.9 Å². The highest BCUT2D eigenvalue weighted by atomic mass is 79.9. The van der Waals surface area contributed by atoms with E-state index in [-0.39, 0.29) is 6.61 Å². The van der Waals surface area contributed by atoms with Crippen molar-refractivity contribution in [2.24, 2.45) is 0 Å². The Kier molecular flexibility index (Phi) is 5.78. The van der Waals surface area contributed by atoms with E-state index in [1.54, 1.807) is 6.92 Å². The summed E-state index contributed by atoms with van der Waals surface area (Å²) in [4.78, 5) is 0.983. The first kappa shape index (κ1) is 14.0. The van der Waals surface area contributed by atoms with Gasteiger partial charge in [0.1, 0.15) is 0 Å². The fourth-order valence-corrected chi connectivity index (χ4v) is 2.71. The molecule has 90 valence electrons. The predicted molar refractivity (Wildman–Crippen MR) is 68.6 cm³/mol. The third-order valence-corrected chi connectivity index (χ3v) is 4.22. The largest absolute Gasteiger partial charge is 0.394 e. The topological polar surface area (TPSA) is 60.7 Å². The SMILES string of the molecule is C[C@H](O)c1ccc(SCC(O)CO)c(Br)c1. The summed E-state index contributed by atoms with van der Waals surface area (Å²) >= 11 is 4.87. The minimum Gasteiger partial charge on any atom is -0.394 e. The Morgan fingerprint density at radius 3 is 2.56 bits per heavy atom. The summed E-state index contributed by atoms with van der Waals surface area (Å²) in [7, 11) is 0. The van der Waals surface area contributed by atoms with E-state index < -0.39 is 12.2 Å². The van der Waals surface area contributed by atoms with Crippen LogP contribution >= 0.6 is 27.7 Å². The maximum absolute atomic E-state index is 9.39. The number of hydrogen-bond acceptors (Lipinski definition) is 4. The second-order valence-corrected chi connectivity index (χ2v) is 5.43. The van der Waals surface area contributed by atoms with Gasteiger partial charge in [-0.05, 0) is 40.5 Å². The highest BCUT2D eigenvalue weighted by Crippen LogP contribution is 2.30. The normalized spacial score (nSPS) is 14.8. The lowest BCUT2D eigenvalue weighted by Gasteiger charge is -2.10. The molecule has 3 nitrogen and oxygen atoms in total. The third-order valence-electron chi connectivity index (χ3n) is 2.08. The molecule has 1 aromatic rings. The van der Waals surface area contributed by atoms with Crippen molar-refractivity contribution in [1.29, 1.82) is 0 Å². The molecule has 0 saturated carbocycles. The Morgan fingerprint density at radius 1 is 1.38 bits per heavy atom. The summed E-state index contributed by atoms with van der Waals surface area (Å²) in [6.07, 6.45) is -1.19. The second-order valence-electron chi connectivity index (χ2n) is 3.51. The molecule has 0 fully saturated rings. The summed E-state index contributed by atoms with van der Waals surface area (Å²) in [6.45, 7) is 1.49. The van der Waals surface area contributed by atoms with Crippen molar-refractivity contribution in [2.45, 2.75) is 24.0 Å². The summed E-state index contributed by atoms with van der Waals surface area (Å²) in [6, 6.07) is 5.60. The first-order valence-corrected chi connectivity index (χ1v) is 6.71. The van der Waals surface area contributed by atoms with Gasteiger partial charge in [0, 0.05) is 15.1 Å². The molecule has 0 saturated heterocycles. The molecule has 0 bridgehead atoms. The molecule has 0 aliphatic carbocycles. The van der Waals surface area contributed by atoms with Crippen molar-refractivity contribution >= 4 is 27.7 Å². The van der Waals surface area contributed by atoms with Gasteiger partial charge in [-0.1, -0.05) is 6.07 Å². The quantitative estimate of drug-likeness (QED) is 0.728. The van der Waals surface area contributed by atoms with Crippen molar-refractivity contribution in [2.75, 3.05) is 12.4 Å². The molecule has 1 rings (SSSR count). The maximum atomic E-state index is 9.39. The van der Waals surface area contributed by atoms with Crippen LogP contribution in [-0.4, -0.2) is 33.8 Å². The fraction of sp³-hybridized carbons (Fsp3) is 0.455. The van der Waals surface area contributed by atoms with E-state index in [1.165, 1.54) is 11.8 Å². The number of aliphatic hydroxyl groups excluding tert-OH is 3. The summed E-state index contributed by atoms with van der Waals surface area (Å²) < 4.78 is 0.890. The lowest BCUT2D eigenvalue weighted by Crippen LogP contribution is -2.14. The van der Waals surface area contributed by atoms with Gasteiger partial charge in [-0.25, -0.2) is 0 Å². The van der Waals surface area contributed by atoms with Gasteiger partial charge < -0.3 is 15.3 Å². The smallest absolute Gasteiger partial charge is 0.0864 e. The summed E-state index contributed by atoms with van der Waals surface area (Å²) in [5, 5.41) is 27.3. The number of benzene rings is 1. The molecule has 0 spiro atoms. The molecule has 0 amide bonds. The monoisotopic (exact) mass is 306 g/mol. The van der Waals surface area contributed by atoms with Crippen LogP contribution in [-0.2, 0) is 0 Å². The van der Waals surface area contributed by atoms with Crippen LogP contribution in [0.15, 0.2) is 27.6 Å². The van der Waals surface area contributed by atoms with Crippen molar-refractivity contribution in [1.82, 2.24) is 0 Å². The van der Waals surface area contributed by atoms with E-state index >= 15 is 0 Å². The Morgan fingerprint density at radius 2 is 2.06 bits per heavy atom. The zero-order valence-corrected chi connectivity index (χ0v) is 11.3. The lowest BCUT2D eigenvalue weighted by atomic mass is 10.1. The second kappa shape index (κ2) is 6.61. The highest BCUT2D eigenvalue weighted by molar-refractivity contribution is 9.10. The average Bonchev–Trinajstić information content (AvgIpc) is 2.26. The van der Waals surface area contributed by atoms with Gasteiger partial charge in [-0.2, -0.15) is 0 Å². The molecule has 1 unspecified atom stereocenters. The van der Waals surface area contributed by atoms with Crippen LogP contribution in [0.5, 0.6) is 0 Å². The van der Waals surface area contributed by atoms with Crippen LogP contribution in [0, 0.1) is 0 Å². The van der Waals surface area contributed by atoms with Gasteiger partial charge in [0.15, 0.2) is 0 Å². The van der Waals surface area contributed by atoms with Gasteiger partial charge in [-0.3, -0.25) is 0 Å². The maximum Gasteiger partial charge on any atom is 0.0864 e. The number of halogens is 1. The van der Waals surface area contributed by atoms with Crippen LogP contribution in [0.25, 0.3) is 0 Å². The van der Waals surface area contributed by atoms with Crippen LogP contribution in [0.3, 0.4) is 0 Å². The van der Waals surface area contributed by atoms with Crippen molar-refractivity contribution in [3.05, 3.63) is 28.2 Å². The number of rotatable bonds is 5. The van der Waals surface area contributed by atoms with E-state index in [9.17, 15) is 10.2 Å². The lowest BCUT2D eigenvalue weighted by molar-refractivity contribution is 0.113. The standard InChI is InChI=1S/C11H15BrO3S/c1-7(14)8-2-3-11(10(12)4-8)16-6-9(15)5-13/h2-4,7,9,13-15H,5-6H2,1H3/t7-,9?/m0/s1. The average molecular weight is 307 g/mol. The van der Waals surface area contributed by atoms with Gasteiger partial charge in [0.25, 0.3) is 0 Å². The molecule has 5 heteroatoms. The van der Waals surface area contributed by atoms with Crippen LogP contribution in [0.2, 0.25) is 0 Å². The van der Waals surface area contributed by atoms with E-state index in [0.29, 0.717) is 5.75 Å². The molecule has 2 atom stereocenters. The molecular formula is C11H15BrO3S. The zero-order chi connectivity index (χ0) is 12.1. The molecule has 3 N–H and O–H groups in total. The fourth-order valence-electron chi connectivity index (χ4n) is 1.13. The van der Waals surface area contributed by atoms with E-state index in [2.05, 4.69) is 15.9 Å². The highest BCUT2D eigenvalue weighted by Gasteiger charge is 2.08. The van der Waals surface area contributed by atoms with Crippen LogP contribution in [0.4, 0.5) is 0 Å². The predicted octanol–water partition coefficient (Wildman–Crippen LogP) is 1.95. The first-order chi connectivity index (χ1) is 7.54. The van der Waals surface area contributed by atoms with E-state index in [4.69, 9.17) is 5.11 Å². The molecule has 16 heavy (non-hydrogen) atoms. The molecular weight excluding hydrogens is 292 g/mol. The molecule has 0 heterocycles. The Hall–Kier alpha value is -0.0700. The molecule has 0 aliphatic heterocycles. The molecule has 0 aromatic heterocycles. The first-order valence-electron chi connectivity index (χ1n) is 4.93. The molecule has 0 radical (unpaired) electrons. The number of aliphatic hydroxyl groups is 3. The van der Waals surface area contributed by atoms with E-state index in [1.807, 2.05) is 18.2 Å². The van der Waals surface area contributed by atoms with Crippen LogP contribution in [0.1, 0.15) is 18.6 Å². The Bertz CT molecular complexity index is 344. The van der Waals surface area contributed by atoms with Gasteiger partial charge >= 0.3 is 0 Å². The number of thioether (sulfide) groups is 1. The molecule has 1 aromatic carbocycles. The van der Waals surface area contributed by atoms with Crippen molar-refractivity contribution in [3.8, 4) is 0 Å². The third kappa shape index (κ3) is 4.07. The van der Waals surface area contributed by atoms with Gasteiger partial charge in [0.2, 0.25) is 0 Å². The Balaban J connectivity index is 2.68.